The highest BCUT2D eigenvalue weighted by molar-refractivity contribution is 6.32. The molecule has 0 radical (unpaired) electrons. The maximum atomic E-state index is 13.4. The van der Waals surface area contributed by atoms with Crippen LogP contribution in [-0.2, 0) is 7.05 Å². The summed E-state index contributed by atoms with van der Waals surface area (Å²) in [7, 11) is 3.68. The van der Waals surface area contributed by atoms with Gasteiger partial charge in [0.25, 0.3) is 5.91 Å². The largest absolute Gasteiger partial charge is 0.507 e. The van der Waals surface area contributed by atoms with E-state index in [-0.39, 0.29) is 17.1 Å². The molecule has 126 valence electrons. The number of fused-ring (bicyclic) bond motifs is 1. The van der Waals surface area contributed by atoms with E-state index in [0.717, 1.165) is 22.1 Å². The quantitative estimate of drug-likeness (QED) is 0.431. The Labute approximate surface area is 145 Å². The molecule has 25 heavy (non-hydrogen) atoms. The number of rotatable bonds is 3. The zero-order chi connectivity index (χ0) is 18.1. The number of phenols is 1. The van der Waals surface area contributed by atoms with E-state index < -0.39 is 5.91 Å². The van der Waals surface area contributed by atoms with E-state index >= 15 is 0 Å². The van der Waals surface area contributed by atoms with Gasteiger partial charge in [-0.05, 0) is 37.3 Å². The minimum Gasteiger partial charge on any atom is -0.507 e. The molecule has 1 amide bonds. The summed E-state index contributed by atoms with van der Waals surface area (Å²) in [6, 6.07) is 11.2. The van der Waals surface area contributed by atoms with E-state index in [2.05, 4.69) is 10.5 Å². The average molecular weight is 337 g/mol. The lowest BCUT2D eigenvalue weighted by atomic mass is 9.94. The third-order valence-corrected chi connectivity index (χ3v) is 4.10. The SMILES string of the molecule is Bc1ccc(O)c(C(=O)N/N=C(\C)c2cc3cc(F)ccc3n2C)c1. The Balaban J connectivity index is 1.88. The van der Waals surface area contributed by atoms with Crippen molar-refractivity contribution in [2.75, 3.05) is 0 Å². The van der Waals surface area contributed by atoms with Crippen LogP contribution in [0, 0.1) is 5.82 Å². The van der Waals surface area contributed by atoms with Gasteiger partial charge < -0.3 is 9.67 Å². The Bertz CT molecular complexity index is 1010. The molecule has 0 saturated heterocycles. The molecule has 0 unspecified atom stereocenters. The molecule has 0 atom stereocenters. The molecule has 3 rings (SSSR count). The van der Waals surface area contributed by atoms with Gasteiger partial charge in [-0.3, -0.25) is 4.79 Å². The van der Waals surface area contributed by atoms with Gasteiger partial charge in [-0.2, -0.15) is 5.10 Å². The van der Waals surface area contributed by atoms with Crippen molar-refractivity contribution < 1.29 is 14.3 Å². The van der Waals surface area contributed by atoms with Crippen LogP contribution < -0.4 is 10.9 Å². The normalized spacial score (nSPS) is 11.7. The van der Waals surface area contributed by atoms with E-state index in [4.69, 9.17) is 0 Å². The third-order valence-electron chi connectivity index (χ3n) is 4.10. The summed E-state index contributed by atoms with van der Waals surface area (Å²) in [5.74, 6) is -0.899. The first-order valence-electron chi connectivity index (χ1n) is 7.76. The first-order valence-corrected chi connectivity index (χ1v) is 7.76. The van der Waals surface area contributed by atoms with Gasteiger partial charge in [-0.15, -0.1) is 0 Å². The molecule has 0 aliphatic rings. The zero-order valence-electron chi connectivity index (χ0n) is 14.2. The lowest BCUT2D eigenvalue weighted by molar-refractivity contribution is 0.0952. The molecule has 5 nitrogen and oxygen atoms in total. The summed E-state index contributed by atoms with van der Waals surface area (Å²) in [6.07, 6.45) is 0. The Morgan fingerprint density at radius 1 is 1.24 bits per heavy atom. The molecule has 0 saturated carbocycles. The number of halogens is 1. The number of aromatic nitrogens is 1. The van der Waals surface area contributed by atoms with Crippen molar-refractivity contribution in [3.8, 4) is 5.75 Å². The van der Waals surface area contributed by atoms with Gasteiger partial charge in [0.15, 0.2) is 0 Å². The number of nitrogens with one attached hydrogen (secondary N) is 1. The van der Waals surface area contributed by atoms with Gasteiger partial charge >= 0.3 is 0 Å². The lowest BCUT2D eigenvalue weighted by Crippen LogP contribution is -2.21. The predicted molar refractivity (Wildman–Crippen MR) is 98.8 cm³/mol. The van der Waals surface area contributed by atoms with Crippen LogP contribution in [0.15, 0.2) is 47.6 Å². The summed E-state index contributed by atoms with van der Waals surface area (Å²) in [5.41, 5.74) is 5.67. The van der Waals surface area contributed by atoms with Crippen molar-refractivity contribution in [3.05, 3.63) is 59.5 Å². The van der Waals surface area contributed by atoms with Crippen molar-refractivity contribution >= 4 is 35.8 Å². The molecular formula is C18H17BFN3O2. The van der Waals surface area contributed by atoms with Crippen LogP contribution in [0.3, 0.4) is 0 Å². The van der Waals surface area contributed by atoms with E-state index in [1.807, 2.05) is 25.5 Å². The smallest absolute Gasteiger partial charge is 0.275 e. The van der Waals surface area contributed by atoms with Gasteiger partial charge in [-0.1, -0.05) is 17.6 Å². The zero-order valence-corrected chi connectivity index (χ0v) is 14.2. The van der Waals surface area contributed by atoms with Crippen molar-refractivity contribution in [1.29, 1.82) is 0 Å². The highest BCUT2D eigenvalue weighted by atomic mass is 19.1. The topological polar surface area (TPSA) is 66.6 Å². The molecule has 0 fully saturated rings. The second-order valence-corrected chi connectivity index (χ2v) is 5.95. The van der Waals surface area contributed by atoms with Gasteiger partial charge in [0.1, 0.15) is 19.4 Å². The summed E-state index contributed by atoms with van der Waals surface area (Å²) in [4.78, 5) is 12.2. The van der Waals surface area contributed by atoms with E-state index in [9.17, 15) is 14.3 Å². The van der Waals surface area contributed by atoms with Crippen molar-refractivity contribution in [2.45, 2.75) is 6.92 Å². The molecule has 2 aromatic carbocycles. The maximum absolute atomic E-state index is 13.4. The molecule has 2 N–H and O–H groups in total. The van der Waals surface area contributed by atoms with Gasteiger partial charge in [-0.25, -0.2) is 9.82 Å². The molecule has 1 aromatic heterocycles. The number of carbonyl (C=O) groups excluding carboxylic acids is 1. The summed E-state index contributed by atoms with van der Waals surface area (Å²) >= 11 is 0. The van der Waals surface area contributed by atoms with Crippen molar-refractivity contribution in [1.82, 2.24) is 9.99 Å². The molecule has 0 spiro atoms. The fraction of sp³-hybridized carbons (Fsp3) is 0.111. The monoisotopic (exact) mass is 337 g/mol. The number of amides is 1. The van der Waals surface area contributed by atoms with Crippen LogP contribution in [0.25, 0.3) is 10.9 Å². The predicted octanol–water partition coefficient (Wildman–Crippen LogP) is 1.44. The highest BCUT2D eigenvalue weighted by Gasteiger charge is 2.12. The van der Waals surface area contributed by atoms with Gasteiger partial charge in [0.05, 0.1) is 17.0 Å². The number of aromatic hydroxyl groups is 1. The Hall–Kier alpha value is -3.09. The number of phenolic OH excluding ortho intramolecular Hbond substituents is 1. The molecule has 0 aliphatic carbocycles. The van der Waals surface area contributed by atoms with Crippen LogP contribution in [-0.4, -0.2) is 29.1 Å². The number of aryl methyl sites for hydroxylation is 1. The van der Waals surface area contributed by atoms with Crippen molar-refractivity contribution in [3.63, 3.8) is 0 Å². The van der Waals surface area contributed by atoms with Crippen LogP contribution in [0.2, 0.25) is 0 Å². The first-order chi connectivity index (χ1) is 11.9. The van der Waals surface area contributed by atoms with E-state index in [1.54, 1.807) is 25.1 Å². The lowest BCUT2D eigenvalue weighted by Gasteiger charge is -2.06. The maximum Gasteiger partial charge on any atom is 0.275 e. The standard InChI is InChI=1S/C18H17BFN3O2/c1-10(16-8-11-7-13(20)4-5-15(11)23(16)2)21-22-18(25)14-9-12(19)3-6-17(14)24/h3-9,24H,19H2,1-2H3,(H,22,25)/b21-10+. The second-order valence-electron chi connectivity index (χ2n) is 5.95. The number of hydrazone groups is 1. The fourth-order valence-corrected chi connectivity index (χ4v) is 2.75. The third kappa shape index (κ3) is 3.26. The summed E-state index contributed by atoms with van der Waals surface area (Å²) < 4.78 is 15.2. The van der Waals surface area contributed by atoms with E-state index in [1.165, 1.54) is 18.2 Å². The molecular weight excluding hydrogens is 320 g/mol. The van der Waals surface area contributed by atoms with Crippen LogP contribution in [0.4, 0.5) is 4.39 Å². The number of hydrogen-bond donors (Lipinski definition) is 2. The number of benzene rings is 2. The van der Waals surface area contributed by atoms with Crippen LogP contribution in [0.5, 0.6) is 5.75 Å². The van der Waals surface area contributed by atoms with Gasteiger partial charge in [0.2, 0.25) is 0 Å². The Morgan fingerprint density at radius 3 is 2.76 bits per heavy atom. The summed E-state index contributed by atoms with van der Waals surface area (Å²) in [5, 5.41) is 14.7. The fourth-order valence-electron chi connectivity index (χ4n) is 2.75. The van der Waals surface area contributed by atoms with Crippen LogP contribution >= 0.6 is 0 Å². The number of nitrogens with zero attached hydrogens (tertiary/aromatic N) is 2. The average Bonchev–Trinajstić information content (AvgIpc) is 2.90. The minimum atomic E-state index is -0.495. The number of hydrogen-bond acceptors (Lipinski definition) is 3. The first kappa shape index (κ1) is 16.8. The molecule has 3 aromatic rings. The highest BCUT2D eigenvalue weighted by Crippen LogP contribution is 2.20. The molecule has 0 aliphatic heterocycles. The van der Waals surface area contributed by atoms with E-state index in [0.29, 0.717) is 5.71 Å². The second kappa shape index (κ2) is 6.43. The van der Waals surface area contributed by atoms with Gasteiger partial charge in [0, 0.05) is 18.0 Å². The minimum absolute atomic E-state index is 0.101. The molecule has 7 heteroatoms. The Kier molecular flexibility index (Phi) is 4.31. The Morgan fingerprint density at radius 2 is 2.00 bits per heavy atom. The molecule has 1 heterocycles. The van der Waals surface area contributed by atoms with Crippen LogP contribution in [0.1, 0.15) is 23.0 Å². The van der Waals surface area contributed by atoms with Crippen molar-refractivity contribution in [2.24, 2.45) is 12.1 Å². The summed E-state index contributed by atoms with van der Waals surface area (Å²) in [6.45, 7) is 1.75. The number of carbonyl (C=O) groups is 1. The molecule has 0 bridgehead atoms.